The lowest BCUT2D eigenvalue weighted by Gasteiger charge is -2.27. The molecule has 5 nitrogen and oxygen atoms in total. The number of rotatable bonds is 6. The van der Waals surface area contributed by atoms with Gasteiger partial charge in [-0.25, -0.2) is 0 Å². The molecule has 4 aromatic rings. The number of halogens is 1. The first-order valence-corrected chi connectivity index (χ1v) is 18.4. The summed E-state index contributed by atoms with van der Waals surface area (Å²) in [5, 5.41) is 4.84. The minimum absolute atomic E-state index is 0.266. The molecule has 0 atom stereocenters. The molecule has 3 aliphatic rings. The van der Waals surface area contributed by atoms with Crippen molar-refractivity contribution in [2.24, 2.45) is 0 Å². The maximum atomic E-state index is 12.5. The smallest absolute Gasteiger partial charge is 0.302 e. The van der Waals surface area contributed by atoms with Crippen molar-refractivity contribution in [3.8, 4) is 0 Å². The summed E-state index contributed by atoms with van der Waals surface area (Å²) < 4.78 is 37.3. The average Bonchev–Trinajstić information content (AvgIpc) is 3.44. The number of fused-ring (bicyclic) bond motifs is 6. The first kappa shape index (κ1) is 33.0. The van der Waals surface area contributed by atoms with Gasteiger partial charge in [-0.1, -0.05) is 98.8 Å². The second-order valence-electron chi connectivity index (χ2n) is 14.0. The molecule has 2 heterocycles. The zero-order valence-electron chi connectivity index (χ0n) is 28.3. The molecular formula is C42H40ClN2O3S+. The van der Waals surface area contributed by atoms with E-state index in [0.717, 1.165) is 58.1 Å². The van der Waals surface area contributed by atoms with Crippen LogP contribution in [0, 0.1) is 0 Å². The van der Waals surface area contributed by atoms with Crippen LogP contribution in [0.4, 0.5) is 11.4 Å². The molecule has 0 unspecified atom stereocenters. The second kappa shape index (κ2) is 11.8. The Hall–Kier alpha value is -4.49. The Morgan fingerprint density at radius 3 is 2.14 bits per heavy atom. The highest BCUT2D eigenvalue weighted by molar-refractivity contribution is 7.89. The fourth-order valence-electron chi connectivity index (χ4n) is 8.04. The average molecular weight is 688 g/mol. The third-order valence-corrected chi connectivity index (χ3v) is 11.7. The van der Waals surface area contributed by atoms with E-state index in [1.807, 2.05) is 54.8 Å². The SMILES string of the molecule is C=C[N+]1=C(/C=C/C2=C(Cl)C(=C/C=C3/N(C(=C)S(=O)(=O)O)c4ccc5ccccc5c4C3(C)C)/CCC2)C(C)(C)c2c1ccc1ccccc21. The van der Waals surface area contributed by atoms with E-state index < -0.39 is 15.5 Å². The molecular weight excluding hydrogens is 648 g/mol. The van der Waals surface area contributed by atoms with Gasteiger partial charge in [0, 0.05) is 33.9 Å². The molecule has 7 rings (SSSR count). The van der Waals surface area contributed by atoms with Crippen molar-refractivity contribution in [1.29, 1.82) is 0 Å². The number of hydrogen-bond donors (Lipinski definition) is 1. The molecule has 0 spiro atoms. The summed E-state index contributed by atoms with van der Waals surface area (Å²) in [5.41, 5.74) is 7.04. The summed E-state index contributed by atoms with van der Waals surface area (Å²) in [6.07, 6.45) is 12.7. The highest BCUT2D eigenvalue weighted by Gasteiger charge is 2.46. The normalized spacial score (nSPS) is 20.2. The van der Waals surface area contributed by atoms with Gasteiger partial charge in [-0.05, 0) is 96.2 Å². The van der Waals surface area contributed by atoms with Gasteiger partial charge in [0.1, 0.15) is 0 Å². The third-order valence-electron chi connectivity index (χ3n) is 10.4. The van der Waals surface area contributed by atoms with Gasteiger partial charge >= 0.3 is 10.1 Å². The molecule has 0 aromatic heterocycles. The van der Waals surface area contributed by atoms with Crippen molar-refractivity contribution in [2.45, 2.75) is 57.8 Å². The highest BCUT2D eigenvalue weighted by Crippen LogP contribution is 2.53. The van der Waals surface area contributed by atoms with Crippen molar-refractivity contribution < 1.29 is 17.5 Å². The summed E-state index contributed by atoms with van der Waals surface area (Å²) in [7, 11) is -4.58. The van der Waals surface area contributed by atoms with Gasteiger partial charge in [-0.3, -0.25) is 4.55 Å². The predicted molar refractivity (Wildman–Crippen MR) is 204 cm³/mol. The van der Waals surface area contributed by atoms with E-state index in [4.69, 9.17) is 11.6 Å². The molecule has 0 amide bonds. The van der Waals surface area contributed by atoms with Crippen molar-refractivity contribution in [2.75, 3.05) is 4.90 Å². The van der Waals surface area contributed by atoms with Crippen LogP contribution in [0.1, 0.15) is 58.1 Å². The van der Waals surface area contributed by atoms with Crippen LogP contribution in [0.25, 0.3) is 21.5 Å². The molecule has 0 saturated carbocycles. The Bertz CT molecular complexity index is 2390. The van der Waals surface area contributed by atoms with Crippen molar-refractivity contribution in [3.05, 3.63) is 154 Å². The minimum Gasteiger partial charge on any atom is -0.302 e. The molecule has 248 valence electrons. The molecule has 0 saturated heterocycles. The van der Waals surface area contributed by atoms with Gasteiger partial charge in [0.05, 0.1) is 11.1 Å². The molecule has 0 radical (unpaired) electrons. The van der Waals surface area contributed by atoms with Gasteiger partial charge < -0.3 is 4.90 Å². The number of anilines is 1. The molecule has 1 N–H and O–H groups in total. The van der Waals surface area contributed by atoms with E-state index in [0.29, 0.717) is 16.4 Å². The standard InChI is InChI=1S/C42H39ClN2O3S/c1-7-44-34-23-19-28-13-8-10-17-32(28)38(34)41(3,4)36(44)25-21-30-15-12-16-31(40(30)43)22-26-37-42(5,6)39-33-18-11-9-14-29(33)20-24-35(39)45(37)27(2)49(46,47)48/h7-11,13-14,17-26H,1-2,12,15-16H2,3-6H3/p+1. The summed E-state index contributed by atoms with van der Waals surface area (Å²) in [6, 6.07) is 24.8. The van der Waals surface area contributed by atoms with E-state index >= 15 is 0 Å². The maximum absolute atomic E-state index is 12.5. The Morgan fingerprint density at radius 2 is 1.49 bits per heavy atom. The Morgan fingerprint density at radius 1 is 0.857 bits per heavy atom. The van der Waals surface area contributed by atoms with Gasteiger partial charge in [0.25, 0.3) is 0 Å². The van der Waals surface area contributed by atoms with Crippen LogP contribution in [0.3, 0.4) is 0 Å². The van der Waals surface area contributed by atoms with E-state index in [-0.39, 0.29) is 10.4 Å². The van der Waals surface area contributed by atoms with Crippen LogP contribution in [-0.2, 0) is 20.9 Å². The monoisotopic (exact) mass is 687 g/mol. The summed E-state index contributed by atoms with van der Waals surface area (Å²) in [5.74, 6) is 0. The Kier molecular flexibility index (Phi) is 7.98. The molecule has 49 heavy (non-hydrogen) atoms. The first-order valence-electron chi connectivity index (χ1n) is 16.6. The van der Waals surface area contributed by atoms with Crippen LogP contribution in [0.2, 0.25) is 0 Å². The lowest BCUT2D eigenvalue weighted by molar-refractivity contribution is -0.355. The van der Waals surface area contributed by atoms with E-state index in [9.17, 15) is 13.0 Å². The van der Waals surface area contributed by atoms with Gasteiger partial charge in [0.2, 0.25) is 5.69 Å². The quantitative estimate of drug-likeness (QED) is 0.162. The van der Waals surface area contributed by atoms with Gasteiger partial charge in [-0.2, -0.15) is 13.0 Å². The van der Waals surface area contributed by atoms with Crippen molar-refractivity contribution in [3.63, 3.8) is 0 Å². The zero-order chi connectivity index (χ0) is 34.9. The number of allylic oxidation sites excluding steroid dienone is 8. The van der Waals surface area contributed by atoms with Crippen LogP contribution < -0.4 is 4.90 Å². The first-order chi connectivity index (χ1) is 23.3. The topological polar surface area (TPSA) is 60.6 Å². The van der Waals surface area contributed by atoms with Gasteiger partial charge in [-0.15, -0.1) is 0 Å². The van der Waals surface area contributed by atoms with Crippen molar-refractivity contribution >= 4 is 60.4 Å². The van der Waals surface area contributed by atoms with Gasteiger partial charge in [0.15, 0.2) is 16.9 Å². The summed E-state index contributed by atoms with van der Waals surface area (Å²) in [6.45, 7) is 16.6. The maximum Gasteiger partial charge on any atom is 0.310 e. The van der Waals surface area contributed by atoms with Crippen LogP contribution in [-0.4, -0.2) is 23.3 Å². The summed E-state index contributed by atoms with van der Waals surface area (Å²) >= 11 is 7.16. The van der Waals surface area contributed by atoms with Crippen LogP contribution >= 0.6 is 11.6 Å². The largest absolute Gasteiger partial charge is 0.310 e. The Labute approximate surface area is 294 Å². The zero-order valence-corrected chi connectivity index (χ0v) is 29.9. The minimum atomic E-state index is -4.58. The summed E-state index contributed by atoms with van der Waals surface area (Å²) in [4.78, 5) is 1.57. The molecule has 4 aromatic carbocycles. The van der Waals surface area contributed by atoms with Crippen LogP contribution in [0.15, 0.2) is 143 Å². The van der Waals surface area contributed by atoms with E-state index in [2.05, 4.69) is 94.0 Å². The fraction of sp³-hybridized carbons (Fsp3) is 0.214. The third kappa shape index (κ3) is 5.25. The van der Waals surface area contributed by atoms with Crippen molar-refractivity contribution in [1.82, 2.24) is 0 Å². The highest BCUT2D eigenvalue weighted by atomic mass is 35.5. The fourth-order valence-corrected chi connectivity index (χ4v) is 8.78. The van der Waals surface area contributed by atoms with E-state index in [1.54, 1.807) is 4.90 Å². The molecule has 2 aliphatic heterocycles. The lowest BCUT2D eigenvalue weighted by Crippen LogP contribution is -2.28. The lowest BCUT2D eigenvalue weighted by atomic mass is 9.78. The van der Waals surface area contributed by atoms with Crippen LogP contribution in [0.5, 0.6) is 0 Å². The molecule has 7 heteroatoms. The molecule has 1 aliphatic carbocycles. The molecule has 0 bridgehead atoms. The number of nitrogens with zero attached hydrogens (tertiary/aromatic N) is 2. The number of hydrogen-bond acceptors (Lipinski definition) is 3. The molecule has 0 fully saturated rings. The predicted octanol–water partition coefficient (Wildman–Crippen LogP) is 10.7. The number of benzene rings is 4. The Balaban J connectivity index is 1.29. The second-order valence-corrected chi connectivity index (χ2v) is 15.8. The van der Waals surface area contributed by atoms with E-state index in [1.165, 1.54) is 16.3 Å².